The minimum absolute atomic E-state index is 0.0394. The number of aromatic nitrogens is 2. The van der Waals surface area contributed by atoms with Crippen LogP contribution >= 0.6 is 0 Å². The molecule has 0 saturated carbocycles. The second-order valence-corrected chi connectivity index (χ2v) is 8.25. The minimum Gasteiger partial charge on any atom is -0.322 e. The third kappa shape index (κ3) is 4.50. The molecule has 174 valence electrons. The van der Waals surface area contributed by atoms with Crippen LogP contribution in [0.15, 0.2) is 65.2 Å². The number of hydrogen-bond acceptors (Lipinski definition) is 4. The zero-order chi connectivity index (χ0) is 24.6. The number of rotatable bonds is 4. The summed E-state index contributed by atoms with van der Waals surface area (Å²) >= 11 is 0. The Labute approximate surface area is 194 Å². The van der Waals surface area contributed by atoms with Crippen LogP contribution in [0, 0.1) is 25.5 Å². The van der Waals surface area contributed by atoms with E-state index in [1.807, 2.05) is 0 Å². The lowest BCUT2D eigenvalue weighted by Crippen LogP contribution is -2.33. The maximum atomic E-state index is 14.7. The van der Waals surface area contributed by atoms with Gasteiger partial charge in [-0.25, -0.2) is 8.78 Å². The quantitative estimate of drug-likeness (QED) is 0.640. The molecule has 1 atom stereocenters. The van der Waals surface area contributed by atoms with Crippen LogP contribution in [0.2, 0.25) is 0 Å². The van der Waals surface area contributed by atoms with Crippen molar-refractivity contribution in [3.8, 4) is 5.69 Å². The molecule has 0 radical (unpaired) electrons. The Morgan fingerprint density at radius 1 is 1.09 bits per heavy atom. The fraction of sp³-hybridized carbons (Fsp3) is 0.200. The largest absolute Gasteiger partial charge is 0.322 e. The minimum atomic E-state index is -0.666. The van der Waals surface area contributed by atoms with Gasteiger partial charge in [-0.05, 0) is 54.8 Å². The summed E-state index contributed by atoms with van der Waals surface area (Å²) in [5.41, 5.74) is 1.66. The van der Waals surface area contributed by atoms with Crippen LogP contribution in [-0.2, 0) is 9.59 Å². The van der Waals surface area contributed by atoms with E-state index in [-0.39, 0.29) is 23.7 Å². The monoisotopic (exact) mass is 464 g/mol. The highest BCUT2D eigenvalue weighted by molar-refractivity contribution is 6.06. The number of carbonyl (C=O) groups is 2. The highest BCUT2D eigenvalue weighted by Crippen LogP contribution is 2.34. The van der Waals surface area contributed by atoms with Crippen molar-refractivity contribution >= 4 is 17.5 Å². The van der Waals surface area contributed by atoms with Gasteiger partial charge in [0, 0.05) is 42.9 Å². The van der Waals surface area contributed by atoms with Gasteiger partial charge in [0.2, 0.25) is 5.91 Å². The highest BCUT2D eigenvalue weighted by Gasteiger charge is 2.31. The summed E-state index contributed by atoms with van der Waals surface area (Å²) < 4.78 is 29.0. The molecule has 1 unspecified atom stereocenters. The predicted molar refractivity (Wildman–Crippen MR) is 123 cm³/mol. The van der Waals surface area contributed by atoms with Gasteiger partial charge in [0.15, 0.2) is 0 Å². The van der Waals surface area contributed by atoms with E-state index >= 15 is 0 Å². The molecule has 0 spiro atoms. The van der Waals surface area contributed by atoms with Gasteiger partial charge in [0.1, 0.15) is 17.3 Å². The molecule has 0 fully saturated rings. The molecule has 2 heterocycles. The van der Waals surface area contributed by atoms with E-state index in [1.54, 1.807) is 20.9 Å². The first kappa shape index (κ1) is 23.0. The second-order valence-electron chi connectivity index (χ2n) is 8.25. The van der Waals surface area contributed by atoms with E-state index in [1.165, 1.54) is 59.8 Å². The number of nitrogens with zero attached hydrogens (tertiary/aromatic N) is 3. The van der Waals surface area contributed by atoms with Crippen molar-refractivity contribution in [1.29, 1.82) is 0 Å². The van der Waals surface area contributed by atoms with Crippen LogP contribution < -0.4 is 10.9 Å². The number of halogens is 2. The Morgan fingerprint density at radius 2 is 1.79 bits per heavy atom. The number of anilines is 1. The maximum Gasteiger partial charge on any atom is 0.271 e. The molecule has 2 amide bonds. The first-order valence-electron chi connectivity index (χ1n) is 10.5. The number of amides is 2. The summed E-state index contributed by atoms with van der Waals surface area (Å²) in [5.74, 6) is -2.35. The summed E-state index contributed by atoms with van der Waals surface area (Å²) in [4.78, 5) is 39.3. The van der Waals surface area contributed by atoms with E-state index in [9.17, 15) is 23.2 Å². The topological polar surface area (TPSA) is 84.3 Å². The summed E-state index contributed by atoms with van der Waals surface area (Å²) in [6.45, 7) is 3.32. The summed E-state index contributed by atoms with van der Waals surface area (Å²) in [5, 5.41) is 6.76. The maximum absolute atomic E-state index is 14.7. The molecular weight excluding hydrogens is 442 g/mol. The number of carbonyl (C=O) groups excluding carboxylic acids is 2. The van der Waals surface area contributed by atoms with Crippen LogP contribution in [0.5, 0.6) is 0 Å². The molecular formula is C25H22F2N4O3. The third-order valence-electron chi connectivity index (χ3n) is 5.72. The average molecular weight is 464 g/mol. The fourth-order valence-electron chi connectivity index (χ4n) is 3.84. The van der Waals surface area contributed by atoms with E-state index in [0.717, 1.165) is 4.68 Å². The van der Waals surface area contributed by atoms with Crippen molar-refractivity contribution < 1.29 is 18.4 Å². The lowest BCUT2D eigenvalue weighted by atomic mass is 9.85. The van der Waals surface area contributed by atoms with Crippen LogP contribution in [-0.4, -0.2) is 33.5 Å². The molecule has 7 nitrogen and oxygen atoms in total. The van der Waals surface area contributed by atoms with Crippen LogP contribution in [0.25, 0.3) is 5.69 Å². The van der Waals surface area contributed by atoms with Crippen molar-refractivity contribution in [3.05, 3.63) is 99.1 Å². The molecule has 1 aliphatic rings. The van der Waals surface area contributed by atoms with Crippen molar-refractivity contribution in [2.75, 3.05) is 12.4 Å². The molecule has 1 N–H and O–H groups in total. The molecule has 1 aromatic heterocycles. The van der Waals surface area contributed by atoms with Gasteiger partial charge in [-0.1, -0.05) is 12.1 Å². The summed E-state index contributed by atoms with van der Waals surface area (Å²) in [6, 6.07) is 9.51. The first-order chi connectivity index (χ1) is 16.1. The van der Waals surface area contributed by atoms with Gasteiger partial charge in [-0.15, -0.1) is 0 Å². The Kier molecular flexibility index (Phi) is 6.10. The van der Waals surface area contributed by atoms with Crippen LogP contribution in [0.1, 0.15) is 29.0 Å². The zero-order valence-corrected chi connectivity index (χ0v) is 18.8. The van der Waals surface area contributed by atoms with Gasteiger partial charge in [-0.2, -0.15) is 9.78 Å². The standard InChI is InChI=1S/C25H22F2N4O3/c1-14-8-24(33)31(28-12-14)22-11-21(15(2)9-20(22)27)29-25(34)19-13-30(3)23(32)10-18(19)16-4-6-17(26)7-5-16/h4-9,11-13,18H,10H2,1-3H3,(H,29,34). The number of nitrogens with one attached hydrogen (secondary N) is 1. The van der Waals surface area contributed by atoms with Gasteiger partial charge in [0.25, 0.3) is 11.5 Å². The normalized spacial score (nSPS) is 15.8. The molecule has 3 aromatic rings. The van der Waals surface area contributed by atoms with Crippen molar-refractivity contribution in [2.45, 2.75) is 26.2 Å². The number of benzene rings is 2. The molecule has 1 aliphatic heterocycles. The van der Waals surface area contributed by atoms with Crippen molar-refractivity contribution in [1.82, 2.24) is 14.7 Å². The second kappa shape index (κ2) is 9.01. The molecule has 0 bridgehead atoms. The predicted octanol–water partition coefficient (Wildman–Crippen LogP) is 3.60. The molecule has 2 aromatic carbocycles. The van der Waals surface area contributed by atoms with Crippen LogP contribution in [0.4, 0.5) is 14.5 Å². The molecule has 4 rings (SSSR count). The third-order valence-corrected chi connectivity index (χ3v) is 5.72. The van der Waals surface area contributed by atoms with E-state index in [4.69, 9.17) is 0 Å². The van der Waals surface area contributed by atoms with E-state index in [2.05, 4.69) is 10.4 Å². The van der Waals surface area contributed by atoms with Gasteiger partial charge >= 0.3 is 0 Å². The van der Waals surface area contributed by atoms with E-state index < -0.39 is 29.0 Å². The number of aryl methyl sites for hydroxylation is 2. The van der Waals surface area contributed by atoms with Gasteiger partial charge < -0.3 is 10.2 Å². The lowest BCUT2D eigenvalue weighted by Gasteiger charge is -2.28. The lowest BCUT2D eigenvalue weighted by molar-refractivity contribution is -0.128. The van der Waals surface area contributed by atoms with Gasteiger partial charge in [0.05, 0.1) is 6.20 Å². The smallest absolute Gasteiger partial charge is 0.271 e. The average Bonchev–Trinajstić information content (AvgIpc) is 2.78. The Balaban J connectivity index is 1.70. The van der Waals surface area contributed by atoms with E-state index in [0.29, 0.717) is 22.3 Å². The summed E-state index contributed by atoms with van der Waals surface area (Å²) in [6.07, 6.45) is 2.92. The zero-order valence-electron chi connectivity index (χ0n) is 18.8. The number of hydrogen-bond donors (Lipinski definition) is 1. The van der Waals surface area contributed by atoms with Crippen LogP contribution in [0.3, 0.4) is 0 Å². The van der Waals surface area contributed by atoms with Crippen molar-refractivity contribution in [2.24, 2.45) is 0 Å². The Hall–Kier alpha value is -4.14. The highest BCUT2D eigenvalue weighted by atomic mass is 19.1. The van der Waals surface area contributed by atoms with Gasteiger partial charge in [-0.3, -0.25) is 14.4 Å². The fourth-order valence-corrected chi connectivity index (χ4v) is 3.84. The first-order valence-corrected chi connectivity index (χ1v) is 10.5. The molecule has 9 heteroatoms. The van der Waals surface area contributed by atoms with Crippen molar-refractivity contribution in [3.63, 3.8) is 0 Å². The SMILES string of the molecule is Cc1cnn(-c2cc(NC(=O)C3=CN(C)C(=O)CC3c3ccc(F)cc3)c(C)cc2F)c(=O)c1. The Morgan fingerprint density at radius 3 is 2.47 bits per heavy atom. The molecule has 0 aliphatic carbocycles. The molecule has 0 saturated heterocycles. The summed E-state index contributed by atoms with van der Waals surface area (Å²) in [7, 11) is 1.55. The Bertz CT molecular complexity index is 1380. The molecule has 34 heavy (non-hydrogen) atoms.